The summed E-state index contributed by atoms with van der Waals surface area (Å²) in [7, 11) is 0. The van der Waals surface area contributed by atoms with E-state index >= 15 is 0 Å². The second-order valence-electron chi connectivity index (χ2n) is 8.48. The van der Waals surface area contributed by atoms with Crippen LogP contribution in [0.5, 0.6) is 0 Å². The number of nitrogens with zero attached hydrogens (tertiary/aromatic N) is 1. The van der Waals surface area contributed by atoms with Gasteiger partial charge in [0.25, 0.3) is 0 Å². The lowest BCUT2D eigenvalue weighted by Crippen LogP contribution is -2.33. The van der Waals surface area contributed by atoms with Crippen LogP contribution in [0.3, 0.4) is 0 Å². The molecular formula is C24H24FNO2. The molecule has 4 rings (SSSR count). The van der Waals surface area contributed by atoms with Gasteiger partial charge in [0.15, 0.2) is 0 Å². The average molecular weight is 377 g/mol. The first kappa shape index (κ1) is 18.6. The van der Waals surface area contributed by atoms with Gasteiger partial charge in [-0.1, -0.05) is 56.3 Å². The van der Waals surface area contributed by atoms with Gasteiger partial charge in [-0.05, 0) is 65.7 Å². The second-order valence-corrected chi connectivity index (χ2v) is 8.48. The van der Waals surface area contributed by atoms with E-state index in [-0.39, 0.29) is 16.6 Å². The Balaban J connectivity index is 1.71. The van der Waals surface area contributed by atoms with Crippen LogP contribution in [0.25, 0.3) is 6.08 Å². The molecule has 144 valence electrons. The van der Waals surface area contributed by atoms with Gasteiger partial charge in [0.05, 0.1) is 11.3 Å². The van der Waals surface area contributed by atoms with Crippen LogP contribution < -0.4 is 0 Å². The van der Waals surface area contributed by atoms with Crippen molar-refractivity contribution in [3.63, 3.8) is 0 Å². The van der Waals surface area contributed by atoms with Gasteiger partial charge in [0.2, 0.25) is 0 Å². The zero-order valence-electron chi connectivity index (χ0n) is 16.4. The first-order valence-electron chi connectivity index (χ1n) is 9.65. The van der Waals surface area contributed by atoms with Crippen LogP contribution in [-0.4, -0.2) is 11.7 Å². The first-order valence-corrected chi connectivity index (χ1v) is 9.65. The minimum absolute atomic E-state index is 0.0108. The molecule has 28 heavy (non-hydrogen) atoms. The molecule has 0 saturated heterocycles. The van der Waals surface area contributed by atoms with Crippen molar-refractivity contribution in [3.8, 4) is 0 Å². The molecule has 4 heteroatoms. The molecule has 2 bridgehead atoms. The highest BCUT2D eigenvalue weighted by Gasteiger charge is 2.62. The summed E-state index contributed by atoms with van der Waals surface area (Å²) >= 11 is 0. The summed E-state index contributed by atoms with van der Waals surface area (Å²) in [6.45, 7) is 6.71. The number of hydrogen-bond acceptors (Lipinski definition) is 3. The van der Waals surface area contributed by atoms with E-state index in [2.05, 4.69) is 32.0 Å². The van der Waals surface area contributed by atoms with Crippen LogP contribution in [0, 0.1) is 22.6 Å². The normalized spacial score (nSPS) is 28.1. The maximum atomic E-state index is 13.3. The largest absolute Gasteiger partial charge is 0.365 e. The Morgan fingerprint density at radius 1 is 1.11 bits per heavy atom. The lowest BCUT2D eigenvalue weighted by atomic mass is 9.70. The molecule has 2 aromatic rings. The van der Waals surface area contributed by atoms with Crippen molar-refractivity contribution < 1.29 is 14.0 Å². The van der Waals surface area contributed by atoms with Crippen LogP contribution in [0.15, 0.2) is 65.3 Å². The quantitative estimate of drug-likeness (QED) is 0.495. The molecule has 2 aromatic carbocycles. The third-order valence-electron chi connectivity index (χ3n) is 6.82. The van der Waals surface area contributed by atoms with Crippen molar-refractivity contribution in [2.24, 2.45) is 21.9 Å². The number of allylic oxidation sites excluding steroid dienone is 1. The van der Waals surface area contributed by atoms with E-state index in [9.17, 15) is 9.18 Å². The van der Waals surface area contributed by atoms with Crippen molar-refractivity contribution in [2.75, 3.05) is 0 Å². The third-order valence-corrected chi connectivity index (χ3v) is 6.82. The van der Waals surface area contributed by atoms with Crippen LogP contribution in [0.1, 0.15) is 49.5 Å². The molecule has 3 nitrogen and oxygen atoms in total. The molecule has 2 unspecified atom stereocenters. The Morgan fingerprint density at radius 2 is 1.79 bits per heavy atom. The number of carbonyl (C=O) groups is 1. The molecule has 2 atom stereocenters. The maximum absolute atomic E-state index is 13.3. The Bertz CT molecular complexity index is 960. The predicted molar refractivity (Wildman–Crippen MR) is 108 cm³/mol. The highest BCUT2D eigenvalue weighted by atomic mass is 19.1. The molecule has 0 radical (unpaired) electrons. The molecule has 0 aromatic heterocycles. The Hall–Kier alpha value is -2.75. The topological polar surface area (TPSA) is 38.7 Å². The lowest BCUT2D eigenvalue weighted by Gasteiger charge is -2.33. The van der Waals surface area contributed by atoms with Crippen molar-refractivity contribution in [3.05, 3.63) is 77.1 Å². The summed E-state index contributed by atoms with van der Waals surface area (Å²) < 4.78 is 13.3. The molecule has 2 saturated carbocycles. The number of carbonyl (C=O) groups excluding carboxylic acids is 1. The second kappa shape index (κ2) is 6.69. The van der Waals surface area contributed by atoms with E-state index in [0.29, 0.717) is 11.5 Å². The van der Waals surface area contributed by atoms with Crippen LogP contribution >= 0.6 is 0 Å². The van der Waals surface area contributed by atoms with Gasteiger partial charge in [0, 0.05) is 5.41 Å². The first-order chi connectivity index (χ1) is 13.3. The monoisotopic (exact) mass is 377 g/mol. The van der Waals surface area contributed by atoms with E-state index < -0.39 is 5.97 Å². The van der Waals surface area contributed by atoms with Gasteiger partial charge < -0.3 is 4.84 Å². The number of fused-ring (bicyclic) bond motifs is 2. The Morgan fingerprint density at radius 3 is 2.46 bits per heavy atom. The predicted octanol–water partition coefficient (Wildman–Crippen LogP) is 5.88. The molecule has 0 spiro atoms. The minimum Gasteiger partial charge on any atom is -0.313 e. The molecule has 0 aliphatic heterocycles. The van der Waals surface area contributed by atoms with Crippen LogP contribution in [0.4, 0.5) is 4.39 Å². The van der Waals surface area contributed by atoms with Gasteiger partial charge in [-0.3, -0.25) is 0 Å². The molecule has 0 amide bonds. The van der Waals surface area contributed by atoms with E-state index in [1.807, 2.05) is 6.07 Å². The van der Waals surface area contributed by atoms with Gasteiger partial charge in [0.1, 0.15) is 5.82 Å². The fourth-order valence-corrected chi connectivity index (χ4v) is 4.73. The fraction of sp³-hybridized carbons (Fsp3) is 0.333. The van der Waals surface area contributed by atoms with Crippen LogP contribution in [0.2, 0.25) is 0 Å². The Kier molecular flexibility index (Phi) is 4.45. The average Bonchev–Trinajstić information content (AvgIpc) is 3.01. The standard InChI is InChI=1S/C24H24FNO2/c1-23(2)20-13-14-24(23,3)21(19(20)15-16-9-11-18(25)12-10-16)26-28-22(27)17-7-5-4-6-8-17/h4-12,15,20H,13-14H2,1-3H3/b19-15+,26-21-. The highest BCUT2D eigenvalue weighted by molar-refractivity contribution is 6.11. The Labute approximate surface area is 164 Å². The zero-order chi connectivity index (χ0) is 19.9. The molecule has 0 N–H and O–H groups in total. The van der Waals surface area contributed by atoms with E-state index in [1.54, 1.807) is 36.4 Å². The summed E-state index contributed by atoms with van der Waals surface area (Å²) in [6.07, 6.45) is 4.14. The van der Waals surface area contributed by atoms with Gasteiger partial charge in [-0.15, -0.1) is 0 Å². The van der Waals surface area contributed by atoms with Gasteiger partial charge >= 0.3 is 5.97 Å². The fourth-order valence-electron chi connectivity index (χ4n) is 4.73. The number of rotatable bonds is 3. The molecule has 2 aliphatic carbocycles. The zero-order valence-corrected chi connectivity index (χ0v) is 16.4. The SMILES string of the molecule is CC12CCC(C(=C\c3ccc(F)cc3)/C1=N/OC(=O)c1ccccc1)C2(C)C. The smallest absolute Gasteiger partial charge is 0.313 e. The van der Waals surface area contributed by atoms with E-state index in [1.165, 1.54) is 12.1 Å². The summed E-state index contributed by atoms with van der Waals surface area (Å²) in [5.74, 6) is -0.386. The summed E-state index contributed by atoms with van der Waals surface area (Å²) in [6, 6.07) is 15.3. The number of hydrogen-bond donors (Lipinski definition) is 0. The molecular weight excluding hydrogens is 353 g/mol. The highest BCUT2D eigenvalue weighted by Crippen LogP contribution is 2.66. The van der Waals surface area contributed by atoms with Crippen molar-refractivity contribution in [2.45, 2.75) is 33.6 Å². The number of oxime groups is 1. The molecule has 2 aliphatic rings. The minimum atomic E-state index is -0.460. The van der Waals surface area contributed by atoms with Crippen LogP contribution in [-0.2, 0) is 4.84 Å². The van der Waals surface area contributed by atoms with Crippen molar-refractivity contribution in [1.82, 2.24) is 0 Å². The molecule has 0 heterocycles. The summed E-state index contributed by atoms with van der Waals surface area (Å²) in [5.41, 5.74) is 3.17. The lowest BCUT2D eigenvalue weighted by molar-refractivity contribution is 0.0509. The van der Waals surface area contributed by atoms with E-state index in [0.717, 1.165) is 29.7 Å². The summed E-state index contributed by atoms with van der Waals surface area (Å²) in [5, 5.41) is 4.37. The number of halogens is 1. The maximum Gasteiger partial charge on any atom is 0.365 e. The number of benzene rings is 2. The van der Waals surface area contributed by atoms with Crippen molar-refractivity contribution >= 4 is 17.8 Å². The van der Waals surface area contributed by atoms with Gasteiger partial charge in [-0.2, -0.15) is 0 Å². The van der Waals surface area contributed by atoms with Gasteiger partial charge in [-0.25, -0.2) is 9.18 Å². The summed E-state index contributed by atoms with van der Waals surface area (Å²) in [4.78, 5) is 17.7. The van der Waals surface area contributed by atoms with Crippen molar-refractivity contribution in [1.29, 1.82) is 0 Å². The third kappa shape index (κ3) is 2.88. The van der Waals surface area contributed by atoms with E-state index in [4.69, 9.17) is 4.84 Å². The molecule has 2 fully saturated rings.